The Balaban J connectivity index is 2.46. The summed E-state index contributed by atoms with van der Waals surface area (Å²) in [6.45, 7) is 3.33. The third kappa shape index (κ3) is 6.35. The normalized spacial score (nSPS) is 11.5. The predicted molar refractivity (Wildman–Crippen MR) is 85.3 cm³/mol. The molecule has 8 heteroatoms. The summed E-state index contributed by atoms with van der Waals surface area (Å²) < 4.78 is 18.8. The molecule has 0 unspecified atom stereocenters. The minimum Gasteiger partial charge on any atom is -0.452 e. The Morgan fingerprint density at radius 2 is 2.04 bits per heavy atom. The second kappa shape index (κ2) is 9.24. The molecule has 2 N–H and O–H groups in total. The van der Waals surface area contributed by atoms with Crippen LogP contribution in [-0.4, -0.2) is 37.0 Å². The number of rotatable bonds is 7. The van der Waals surface area contributed by atoms with Crippen molar-refractivity contribution in [2.24, 2.45) is 0 Å². The fourth-order valence-corrected chi connectivity index (χ4v) is 1.95. The number of benzene rings is 1. The zero-order valence-electron chi connectivity index (χ0n) is 12.8. The van der Waals surface area contributed by atoms with Crippen LogP contribution in [0.25, 0.3) is 0 Å². The first-order valence-corrected chi connectivity index (χ1v) is 7.83. The van der Waals surface area contributed by atoms with Crippen molar-refractivity contribution in [3.63, 3.8) is 0 Å². The van der Waals surface area contributed by atoms with Crippen molar-refractivity contribution in [3.8, 4) is 0 Å². The minimum atomic E-state index is -0.951. The summed E-state index contributed by atoms with van der Waals surface area (Å²) in [4.78, 5) is 34.9. The Morgan fingerprint density at radius 3 is 2.65 bits per heavy atom. The number of hydrogen-bond donors (Lipinski definition) is 2. The van der Waals surface area contributed by atoms with Crippen molar-refractivity contribution in [1.82, 2.24) is 10.6 Å². The first kappa shape index (κ1) is 19.1. The fourth-order valence-electron chi connectivity index (χ4n) is 1.61. The van der Waals surface area contributed by atoms with Gasteiger partial charge in [0.25, 0.3) is 5.91 Å². The largest absolute Gasteiger partial charge is 0.452 e. The molecule has 0 saturated carbocycles. The van der Waals surface area contributed by atoms with E-state index >= 15 is 0 Å². The molecule has 0 aliphatic heterocycles. The molecule has 0 aliphatic carbocycles. The summed E-state index contributed by atoms with van der Waals surface area (Å²) >= 11 is 3.07. The van der Waals surface area contributed by atoms with Crippen molar-refractivity contribution in [2.45, 2.75) is 26.3 Å². The molecule has 0 heterocycles. The highest BCUT2D eigenvalue weighted by Gasteiger charge is 2.18. The summed E-state index contributed by atoms with van der Waals surface area (Å²) in [6.07, 6.45) is 0.781. The van der Waals surface area contributed by atoms with Crippen molar-refractivity contribution in [2.75, 3.05) is 13.2 Å². The molecule has 126 valence electrons. The molecule has 0 bridgehead atoms. The number of ether oxygens (including phenoxy) is 1. The first-order valence-electron chi connectivity index (χ1n) is 7.04. The molecule has 0 spiro atoms. The summed E-state index contributed by atoms with van der Waals surface area (Å²) in [5.74, 6) is -2.68. The van der Waals surface area contributed by atoms with E-state index in [9.17, 15) is 18.8 Å². The molecule has 23 heavy (non-hydrogen) atoms. The molecular weight excluding hydrogens is 371 g/mol. The van der Waals surface area contributed by atoms with Crippen LogP contribution in [0.3, 0.4) is 0 Å². The lowest BCUT2D eigenvalue weighted by molar-refractivity contribution is -0.130. The second-order valence-corrected chi connectivity index (χ2v) is 5.70. The van der Waals surface area contributed by atoms with E-state index in [2.05, 4.69) is 26.6 Å². The molecule has 0 saturated heterocycles. The summed E-state index contributed by atoms with van der Waals surface area (Å²) in [6, 6.07) is 3.11. The molecule has 2 amide bonds. The van der Waals surface area contributed by atoms with Gasteiger partial charge in [-0.25, -0.2) is 9.18 Å². The third-order valence-corrected chi connectivity index (χ3v) is 3.30. The van der Waals surface area contributed by atoms with Crippen molar-refractivity contribution in [3.05, 3.63) is 34.1 Å². The number of hydrogen-bond acceptors (Lipinski definition) is 4. The zero-order valence-corrected chi connectivity index (χ0v) is 14.4. The highest BCUT2D eigenvalue weighted by Crippen LogP contribution is 2.15. The lowest BCUT2D eigenvalue weighted by Gasteiger charge is -2.13. The number of carbonyl (C=O) groups is 3. The van der Waals surface area contributed by atoms with E-state index in [4.69, 9.17) is 4.74 Å². The topological polar surface area (TPSA) is 84.5 Å². The van der Waals surface area contributed by atoms with Gasteiger partial charge in [0.15, 0.2) is 6.61 Å². The van der Waals surface area contributed by atoms with Gasteiger partial charge in [-0.15, -0.1) is 0 Å². The highest BCUT2D eigenvalue weighted by molar-refractivity contribution is 9.10. The molecule has 0 aromatic heterocycles. The Bertz CT molecular complexity index is 595. The summed E-state index contributed by atoms with van der Waals surface area (Å²) in [5, 5.41) is 5.02. The van der Waals surface area contributed by atoms with Crippen molar-refractivity contribution < 1.29 is 23.5 Å². The Morgan fingerprint density at radius 1 is 1.35 bits per heavy atom. The average molecular weight is 389 g/mol. The maximum Gasteiger partial charge on any atom is 0.341 e. The molecule has 1 aromatic carbocycles. The van der Waals surface area contributed by atoms with Crippen LogP contribution in [0.1, 0.15) is 30.6 Å². The van der Waals surface area contributed by atoms with E-state index in [0.717, 1.165) is 12.5 Å². The standard InChI is InChI=1S/C15H18BrFN2O4/c1-3-6-18-14(21)9(2)19-13(20)8-23-15(22)11-5-4-10(16)7-12(11)17/h4-5,7,9H,3,6,8H2,1-2H3,(H,18,21)(H,19,20)/t9-/m1/s1. The zero-order chi connectivity index (χ0) is 17.4. The summed E-state index contributed by atoms with van der Waals surface area (Å²) in [7, 11) is 0. The number of esters is 1. The maximum atomic E-state index is 13.6. The van der Waals surface area contributed by atoms with E-state index in [1.54, 1.807) is 0 Å². The van der Waals surface area contributed by atoms with Gasteiger partial charge >= 0.3 is 5.97 Å². The van der Waals surface area contributed by atoms with E-state index < -0.39 is 30.3 Å². The van der Waals surface area contributed by atoms with Crippen LogP contribution in [0.5, 0.6) is 0 Å². The van der Waals surface area contributed by atoms with Crippen LogP contribution in [0, 0.1) is 5.82 Å². The minimum absolute atomic E-state index is 0.269. The van der Waals surface area contributed by atoms with Crippen LogP contribution in [0.2, 0.25) is 0 Å². The number of nitrogens with one attached hydrogen (secondary N) is 2. The molecule has 6 nitrogen and oxygen atoms in total. The number of carbonyl (C=O) groups excluding carboxylic acids is 3. The maximum absolute atomic E-state index is 13.6. The predicted octanol–water partition coefficient (Wildman–Crippen LogP) is 1.78. The number of halogens is 2. The molecule has 0 fully saturated rings. The number of amides is 2. The first-order chi connectivity index (χ1) is 10.8. The van der Waals surface area contributed by atoms with Crippen LogP contribution in [0.15, 0.2) is 22.7 Å². The fraction of sp³-hybridized carbons (Fsp3) is 0.400. The highest BCUT2D eigenvalue weighted by atomic mass is 79.9. The molecule has 1 aromatic rings. The molecule has 1 rings (SSSR count). The van der Waals surface area contributed by atoms with Gasteiger partial charge in [0.1, 0.15) is 11.9 Å². The molecular formula is C15H18BrFN2O4. The van der Waals surface area contributed by atoms with Crippen LogP contribution in [-0.2, 0) is 14.3 Å². The van der Waals surface area contributed by atoms with Gasteiger partial charge in [0.2, 0.25) is 5.91 Å². The second-order valence-electron chi connectivity index (χ2n) is 4.78. The van der Waals surface area contributed by atoms with E-state index in [1.165, 1.54) is 19.1 Å². The van der Waals surface area contributed by atoms with E-state index in [-0.39, 0.29) is 11.5 Å². The van der Waals surface area contributed by atoms with Gasteiger partial charge < -0.3 is 15.4 Å². The van der Waals surface area contributed by atoms with E-state index in [0.29, 0.717) is 11.0 Å². The van der Waals surface area contributed by atoms with Gasteiger partial charge in [-0.2, -0.15) is 0 Å². The van der Waals surface area contributed by atoms with Crippen LogP contribution >= 0.6 is 15.9 Å². The van der Waals surface area contributed by atoms with Crippen molar-refractivity contribution in [1.29, 1.82) is 0 Å². The Labute approximate surface area is 141 Å². The van der Waals surface area contributed by atoms with Gasteiger partial charge in [-0.3, -0.25) is 9.59 Å². The smallest absolute Gasteiger partial charge is 0.341 e. The third-order valence-electron chi connectivity index (χ3n) is 2.81. The van der Waals surface area contributed by atoms with Gasteiger partial charge in [0, 0.05) is 11.0 Å². The average Bonchev–Trinajstić information content (AvgIpc) is 2.50. The van der Waals surface area contributed by atoms with E-state index in [1.807, 2.05) is 6.92 Å². The monoisotopic (exact) mass is 388 g/mol. The van der Waals surface area contributed by atoms with Gasteiger partial charge in [-0.05, 0) is 31.5 Å². The van der Waals surface area contributed by atoms with Crippen LogP contribution < -0.4 is 10.6 Å². The summed E-state index contributed by atoms with van der Waals surface area (Å²) in [5.41, 5.74) is -0.269. The lowest BCUT2D eigenvalue weighted by atomic mass is 10.2. The van der Waals surface area contributed by atoms with Gasteiger partial charge in [-0.1, -0.05) is 22.9 Å². The molecule has 0 radical (unpaired) electrons. The Kier molecular flexibility index (Phi) is 7.67. The molecule has 0 aliphatic rings. The SMILES string of the molecule is CCCNC(=O)[C@@H](C)NC(=O)COC(=O)c1ccc(Br)cc1F. The van der Waals surface area contributed by atoms with Crippen LogP contribution in [0.4, 0.5) is 4.39 Å². The molecule has 1 atom stereocenters. The van der Waals surface area contributed by atoms with Crippen molar-refractivity contribution >= 4 is 33.7 Å². The Hall–Kier alpha value is -1.96. The van der Waals surface area contributed by atoms with Gasteiger partial charge in [0.05, 0.1) is 5.56 Å². The lowest BCUT2D eigenvalue weighted by Crippen LogP contribution is -2.46. The quantitative estimate of drug-likeness (QED) is 0.697.